The van der Waals surface area contributed by atoms with Crippen molar-refractivity contribution in [3.63, 3.8) is 0 Å². The van der Waals surface area contributed by atoms with Gasteiger partial charge in [-0.3, -0.25) is 9.59 Å². The number of aliphatic hydroxyl groups excluding tert-OH is 1. The van der Waals surface area contributed by atoms with Crippen molar-refractivity contribution in [1.29, 1.82) is 0 Å². The highest BCUT2D eigenvalue weighted by Gasteiger charge is 2.58. The van der Waals surface area contributed by atoms with Crippen LogP contribution in [-0.2, 0) is 14.3 Å². The van der Waals surface area contributed by atoms with E-state index in [-0.39, 0.29) is 13.2 Å². The van der Waals surface area contributed by atoms with Gasteiger partial charge in [0.2, 0.25) is 0 Å². The Bertz CT molecular complexity index is 323. The van der Waals surface area contributed by atoms with Crippen molar-refractivity contribution in [3.8, 4) is 0 Å². The number of carbonyl (C=O) groups excluding carboxylic acids is 1. The van der Waals surface area contributed by atoms with Gasteiger partial charge in [0.15, 0.2) is 0 Å². The lowest BCUT2D eigenvalue weighted by atomic mass is 9.66. The van der Waals surface area contributed by atoms with E-state index in [0.717, 1.165) is 0 Å². The van der Waals surface area contributed by atoms with Crippen LogP contribution < -0.4 is 0 Å². The third-order valence-corrected chi connectivity index (χ3v) is 4.32. The molecule has 98 valence electrons. The van der Waals surface area contributed by atoms with Crippen molar-refractivity contribution in [2.24, 2.45) is 16.7 Å². The average molecular weight is 244 g/mol. The van der Waals surface area contributed by atoms with E-state index in [4.69, 9.17) is 9.84 Å². The van der Waals surface area contributed by atoms with E-state index < -0.39 is 28.7 Å². The predicted octanol–water partition coefficient (Wildman–Crippen LogP) is 1.05. The first-order chi connectivity index (χ1) is 7.77. The van der Waals surface area contributed by atoms with Gasteiger partial charge in [0.25, 0.3) is 0 Å². The fourth-order valence-corrected chi connectivity index (χ4v) is 2.54. The maximum absolute atomic E-state index is 11.8. The van der Waals surface area contributed by atoms with Gasteiger partial charge >= 0.3 is 11.9 Å². The molecule has 5 nitrogen and oxygen atoms in total. The Balaban J connectivity index is 2.86. The van der Waals surface area contributed by atoms with Crippen molar-refractivity contribution >= 4 is 11.9 Å². The molecule has 0 spiro atoms. The molecule has 17 heavy (non-hydrogen) atoms. The third kappa shape index (κ3) is 2.16. The number of hydrogen-bond acceptors (Lipinski definition) is 4. The van der Waals surface area contributed by atoms with Crippen molar-refractivity contribution in [2.75, 3.05) is 13.2 Å². The van der Waals surface area contributed by atoms with Gasteiger partial charge in [-0.25, -0.2) is 0 Å². The number of ether oxygens (including phenoxy) is 1. The molecule has 0 heterocycles. The second-order valence-electron chi connectivity index (χ2n) is 5.34. The lowest BCUT2D eigenvalue weighted by Crippen LogP contribution is -2.43. The highest BCUT2D eigenvalue weighted by molar-refractivity contribution is 5.80. The van der Waals surface area contributed by atoms with Crippen LogP contribution in [0.4, 0.5) is 0 Å². The maximum Gasteiger partial charge on any atom is 0.309 e. The lowest BCUT2D eigenvalue weighted by molar-refractivity contribution is -0.160. The molecule has 1 rings (SSSR count). The van der Waals surface area contributed by atoms with Crippen LogP contribution in [0.15, 0.2) is 0 Å². The number of aliphatic carboxylic acids is 1. The molecular weight excluding hydrogens is 224 g/mol. The standard InChI is InChI=1S/C12H20O5/c1-11(2)8(9(14)17-7-6-13)4-5-12(11,3)10(15)16/h8,13H,4-7H2,1-3H3,(H,15,16)/t8-,12+/m1/s1. The normalized spacial score (nSPS) is 31.2. The molecule has 1 aliphatic carbocycles. The number of aliphatic hydroxyl groups is 1. The van der Waals surface area contributed by atoms with Crippen LogP contribution in [0.2, 0.25) is 0 Å². The lowest BCUT2D eigenvalue weighted by Gasteiger charge is -2.37. The molecule has 1 aliphatic rings. The first-order valence-electron chi connectivity index (χ1n) is 5.78. The maximum atomic E-state index is 11.8. The third-order valence-electron chi connectivity index (χ3n) is 4.32. The number of esters is 1. The number of rotatable bonds is 4. The molecule has 0 unspecified atom stereocenters. The number of carbonyl (C=O) groups is 2. The minimum atomic E-state index is -0.907. The van der Waals surface area contributed by atoms with Gasteiger partial charge in [0.1, 0.15) is 6.61 Å². The molecule has 0 amide bonds. The van der Waals surface area contributed by atoms with E-state index in [2.05, 4.69) is 0 Å². The van der Waals surface area contributed by atoms with Crippen LogP contribution in [0.3, 0.4) is 0 Å². The van der Waals surface area contributed by atoms with Crippen molar-refractivity contribution in [1.82, 2.24) is 0 Å². The summed E-state index contributed by atoms with van der Waals surface area (Å²) < 4.78 is 4.90. The van der Waals surface area contributed by atoms with E-state index in [9.17, 15) is 14.7 Å². The zero-order chi connectivity index (χ0) is 13.3. The number of carboxylic acid groups (broad SMARTS) is 1. The fourth-order valence-electron chi connectivity index (χ4n) is 2.54. The quantitative estimate of drug-likeness (QED) is 0.722. The summed E-state index contributed by atoms with van der Waals surface area (Å²) in [5.41, 5.74) is -1.55. The van der Waals surface area contributed by atoms with E-state index in [1.807, 2.05) is 0 Å². The molecule has 0 aliphatic heterocycles. The first-order valence-corrected chi connectivity index (χ1v) is 5.78. The molecule has 0 saturated heterocycles. The molecule has 5 heteroatoms. The van der Waals surface area contributed by atoms with Gasteiger partial charge in [0, 0.05) is 0 Å². The predicted molar refractivity (Wildman–Crippen MR) is 60.3 cm³/mol. The minimum absolute atomic E-state index is 0.0325. The molecular formula is C12H20O5. The summed E-state index contributed by atoms with van der Waals surface area (Å²) in [5.74, 6) is -1.70. The molecule has 0 bridgehead atoms. The first kappa shape index (κ1) is 14.0. The Hall–Kier alpha value is -1.10. The van der Waals surface area contributed by atoms with Gasteiger partial charge in [-0.15, -0.1) is 0 Å². The number of hydrogen-bond donors (Lipinski definition) is 2. The molecule has 0 aromatic carbocycles. The monoisotopic (exact) mass is 244 g/mol. The van der Waals surface area contributed by atoms with Crippen LogP contribution >= 0.6 is 0 Å². The minimum Gasteiger partial charge on any atom is -0.481 e. The molecule has 0 radical (unpaired) electrons. The Kier molecular flexibility index (Phi) is 3.81. The van der Waals surface area contributed by atoms with Gasteiger partial charge in [0.05, 0.1) is 17.9 Å². The summed E-state index contributed by atoms with van der Waals surface area (Å²) in [6, 6.07) is 0. The Labute approximate surface area is 101 Å². The summed E-state index contributed by atoms with van der Waals surface area (Å²) in [4.78, 5) is 23.1. The molecule has 1 saturated carbocycles. The van der Waals surface area contributed by atoms with Gasteiger partial charge in [-0.1, -0.05) is 13.8 Å². The topological polar surface area (TPSA) is 83.8 Å². The summed E-state index contributed by atoms with van der Waals surface area (Å²) in [6.45, 7) is 5.01. The van der Waals surface area contributed by atoms with Gasteiger partial charge < -0.3 is 14.9 Å². The SMILES string of the molecule is CC1(C)[C@@H](C(=O)OCCO)CC[C@@]1(C)C(=O)O. The highest BCUT2D eigenvalue weighted by atomic mass is 16.5. The van der Waals surface area contributed by atoms with E-state index >= 15 is 0 Å². The molecule has 0 aromatic heterocycles. The average Bonchev–Trinajstić information content (AvgIpc) is 2.48. The van der Waals surface area contributed by atoms with Crippen molar-refractivity contribution in [3.05, 3.63) is 0 Å². The van der Waals surface area contributed by atoms with Crippen LogP contribution in [0.1, 0.15) is 33.6 Å². The second kappa shape index (κ2) is 4.64. The fraction of sp³-hybridized carbons (Fsp3) is 0.833. The zero-order valence-corrected chi connectivity index (χ0v) is 10.5. The Morgan fingerprint density at radius 3 is 2.35 bits per heavy atom. The number of carboxylic acids is 1. The molecule has 0 aromatic rings. The highest BCUT2D eigenvalue weighted by Crippen LogP contribution is 2.56. The second-order valence-corrected chi connectivity index (χ2v) is 5.34. The zero-order valence-electron chi connectivity index (χ0n) is 10.5. The summed E-state index contributed by atoms with van der Waals surface area (Å²) in [5, 5.41) is 17.9. The van der Waals surface area contributed by atoms with Crippen LogP contribution in [0, 0.1) is 16.7 Å². The van der Waals surface area contributed by atoms with E-state index in [0.29, 0.717) is 12.8 Å². The van der Waals surface area contributed by atoms with E-state index in [1.54, 1.807) is 20.8 Å². The Morgan fingerprint density at radius 1 is 1.35 bits per heavy atom. The largest absolute Gasteiger partial charge is 0.481 e. The summed E-state index contributed by atoms with van der Waals surface area (Å²) in [6.07, 6.45) is 0.980. The van der Waals surface area contributed by atoms with Crippen LogP contribution in [0.25, 0.3) is 0 Å². The van der Waals surface area contributed by atoms with Crippen LogP contribution in [0.5, 0.6) is 0 Å². The smallest absolute Gasteiger partial charge is 0.309 e. The Morgan fingerprint density at radius 2 is 1.94 bits per heavy atom. The summed E-state index contributed by atoms with van der Waals surface area (Å²) >= 11 is 0. The molecule has 1 fully saturated rings. The summed E-state index contributed by atoms with van der Waals surface area (Å²) in [7, 11) is 0. The van der Waals surface area contributed by atoms with Crippen LogP contribution in [-0.4, -0.2) is 35.4 Å². The van der Waals surface area contributed by atoms with E-state index in [1.165, 1.54) is 0 Å². The molecule has 2 N–H and O–H groups in total. The molecule has 2 atom stereocenters. The van der Waals surface area contributed by atoms with Crippen molar-refractivity contribution in [2.45, 2.75) is 33.6 Å². The van der Waals surface area contributed by atoms with Crippen molar-refractivity contribution < 1.29 is 24.5 Å². The van der Waals surface area contributed by atoms with Gasteiger partial charge in [-0.05, 0) is 25.2 Å². The van der Waals surface area contributed by atoms with Gasteiger partial charge in [-0.2, -0.15) is 0 Å².